The first-order valence-electron chi connectivity index (χ1n) is 4.16. The molecule has 0 amide bonds. The van der Waals surface area contributed by atoms with Gasteiger partial charge in [-0.1, -0.05) is 33.3 Å². The number of allylic oxidation sites excluding steroid dienone is 2. The van der Waals surface area contributed by atoms with Crippen LogP contribution in [-0.2, 0) is 0 Å². The summed E-state index contributed by atoms with van der Waals surface area (Å²) in [5, 5.41) is 3.69. The summed E-state index contributed by atoms with van der Waals surface area (Å²) in [6.45, 7) is 6.32. The second-order valence-corrected chi connectivity index (χ2v) is 2.90. The van der Waals surface area contributed by atoms with Crippen molar-refractivity contribution in [3.63, 3.8) is 0 Å². The monoisotopic (exact) mass is 154 g/mol. The van der Waals surface area contributed by atoms with Gasteiger partial charge in [0.1, 0.15) is 0 Å². The van der Waals surface area contributed by atoms with Crippen LogP contribution in [0.1, 0.15) is 33.6 Å². The number of nitrogens with zero attached hydrogens (tertiary/aromatic N) is 1. The van der Waals surface area contributed by atoms with E-state index in [1.165, 1.54) is 6.42 Å². The molecule has 0 aliphatic rings. The van der Waals surface area contributed by atoms with Gasteiger partial charge < -0.3 is 5.84 Å². The molecule has 0 aromatic rings. The summed E-state index contributed by atoms with van der Waals surface area (Å²) in [6.07, 6.45) is 6.40. The fourth-order valence-electron chi connectivity index (χ4n) is 0.755. The zero-order valence-corrected chi connectivity index (χ0v) is 7.67. The van der Waals surface area contributed by atoms with Gasteiger partial charge in [0.15, 0.2) is 0 Å². The molecule has 0 aromatic carbocycles. The minimum absolute atomic E-state index is 0.424. The van der Waals surface area contributed by atoms with Gasteiger partial charge in [-0.15, -0.1) is 0 Å². The summed E-state index contributed by atoms with van der Waals surface area (Å²) in [5.41, 5.74) is 0.971. The van der Waals surface area contributed by atoms with E-state index < -0.39 is 0 Å². The lowest BCUT2D eigenvalue weighted by atomic mass is 10.1. The third-order valence-corrected chi connectivity index (χ3v) is 1.48. The lowest BCUT2D eigenvalue weighted by molar-refractivity contribution is 0.878. The van der Waals surface area contributed by atoms with Gasteiger partial charge >= 0.3 is 0 Å². The summed E-state index contributed by atoms with van der Waals surface area (Å²) >= 11 is 0. The van der Waals surface area contributed by atoms with Gasteiger partial charge in [-0.2, -0.15) is 5.10 Å². The van der Waals surface area contributed by atoms with Crippen molar-refractivity contribution in [2.45, 2.75) is 33.6 Å². The van der Waals surface area contributed by atoms with Crippen molar-refractivity contribution in [2.75, 3.05) is 0 Å². The Hall–Kier alpha value is -0.790. The predicted octanol–water partition coefficient (Wildman–Crippen LogP) is 2.31. The molecule has 0 atom stereocenters. The summed E-state index contributed by atoms with van der Waals surface area (Å²) in [4.78, 5) is 0. The molecule has 0 aliphatic heterocycles. The topological polar surface area (TPSA) is 38.4 Å². The molecular formula is C9H18N2. The van der Waals surface area contributed by atoms with Crippen molar-refractivity contribution >= 4 is 5.71 Å². The molecule has 0 aliphatic carbocycles. The van der Waals surface area contributed by atoms with Crippen molar-refractivity contribution in [3.05, 3.63) is 12.2 Å². The standard InChI is InChI=1S/C9H18N2/c1-4-5-6-7-9(11-10)8(2)3/h6-8H,4-5,10H2,1-3H3/b7-6-,11-9+. The quantitative estimate of drug-likeness (QED) is 0.376. The van der Waals surface area contributed by atoms with Gasteiger partial charge in [0.05, 0.1) is 5.71 Å². The number of nitrogens with two attached hydrogens (primary N) is 1. The molecule has 11 heavy (non-hydrogen) atoms. The Balaban J connectivity index is 3.89. The SMILES string of the molecule is CCC/C=C\C(=N/N)C(C)C. The first-order chi connectivity index (χ1) is 5.22. The van der Waals surface area contributed by atoms with E-state index in [0.29, 0.717) is 5.92 Å². The Morgan fingerprint density at radius 1 is 1.55 bits per heavy atom. The Morgan fingerprint density at radius 3 is 2.55 bits per heavy atom. The first kappa shape index (κ1) is 10.2. The number of hydrogen-bond donors (Lipinski definition) is 1. The van der Waals surface area contributed by atoms with Crippen LogP contribution in [0.4, 0.5) is 0 Å². The van der Waals surface area contributed by atoms with Crippen molar-refractivity contribution in [2.24, 2.45) is 16.9 Å². The van der Waals surface area contributed by atoms with Crippen LogP contribution in [0.25, 0.3) is 0 Å². The molecule has 0 radical (unpaired) electrons. The van der Waals surface area contributed by atoms with E-state index in [1.807, 2.05) is 6.08 Å². The minimum Gasteiger partial charge on any atom is -0.323 e. The summed E-state index contributed by atoms with van der Waals surface area (Å²) in [6, 6.07) is 0. The molecule has 0 spiro atoms. The van der Waals surface area contributed by atoms with Crippen LogP contribution in [0.3, 0.4) is 0 Å². The van der Waals surface area contributed by atoms with E-state index >= 15 is 0 Å². The fourth-order valence-corrected chi connectivity index (χ4v) is 0.755. The zero-order chi connectivity index (χ0) is 8.69. The molecule has 2 N–H and O–H groups in total. The molecule has 0 rings (SSSR count). The van der Waals surface area contributed by atoms with Gasteiger partial charge in [-0.25, -0.2) is 0 Å². The molecule has 0 saturated carbocycles. The second-order valence-electron chi connectivity index (χ2n) is 2.90. The van der Waals surface area contributed by atoms with E-state index in [2.05, 4.69) is 31.9 Å². The summed E-state index contributed by atoms with van der Waals surface area (Å²) in [7, 11) is 0. The number of hydrazone groups is 1. The highest BCUT2D eigenvalue weighted by atomic mass is 15.1. The van der Waals surface area contributed by atoms with Crippen LogP contribution in [0, 0.1) is 5.92 Å². The number of unbranched alkanes of at least 4 members (excludes halogenated alkanes) is 1. The maximum Gasteiger partial charge on any atom is 0.0622 e. The maximum atomic E-state index is 5.19. The van der Waals surface area contributed by atoms with Crippen LogP contribution >= 0.6 is 0 Å². The van der Waals surface area contributed by atoms with Crippen LogP contribution in [0.15, 0.2) is 17.3 Å². The van der Waals surface area contributed by atoms with E-state index in [1.54, 1.807) is 0 Å². The molecule has 0 fully saturated rings. The Labute approximate surface area is 69.2 Å². The number of rotatable bonds is 4. The smallest absolute Gasteiger partial charge is 0.0622 e. The highest BCUT2D eigenvalue weighted by molar-refractivity contribution is 5.96. The van der Waals surface area contributed by atoms with Gasteiger partial charge in [0, 0.05) is 0 Å². The highest BCUT2D eigenvalue weighted by Gasteiger charge is 1.98. The summed E-state index contributed by atoms with van der Waals surface area (Å²) in [5.74, 6) is 5.62. The molecule has 0 aromatic heterocycles. The first-order valence-corrected chi connectivity index (χ1v) is 4.16. The van der Waals surface area contributed by atoms with Crippen LogP contribution in [-0.4, -0.2) is 5.71 Å². The van der Waals surface area contributed by atoms with Crippen LogP contribution in [0.2, 0.25) is 0 Å². The van der Waals surface area contributed by atoms with Crippen molar-refractivity contribution < 1.29 is 0 Å². The fraction of sp³-hybridized carbons (Fsp3) is 0.667. The van der Waals surface area contributed by atoms with Gasteiger partial charge in [-0.05, 0) is 18.4 Å². The van der Waals surface area contributed by atoms with E-state index in [4.69, 9.17) is 5.84 Å². The summed E-state index contributed by atoms with van der Waals surface area (Å²) < 4.78 is 0. The van der Waals surface area contributed by atoms with Gasteiger partial charge in [0.2, 0.25) is 0 Å². The average Bonchev–Trinajstić information content (AvgIpc) is 1.97. The molecule has 2 nitrogen and oxygen atoms in total. The maximum absolute atomic E-state index is 5.19. The van der Waals surface area contributed by atoms with E-state index in [9.17, 15) is 0 Å². The minimum atomic E-state index is 0.424. The van der Waals surface area contributed by atoms with E-state index in [-0.39, 0.29) is 0 Å². The van der Waals surface area contributed by atoms with Crippen LogP contribution in [0.5, 0.6) is 0 Å². The second kappa shape index (κ2) is 5.96. The molecule has 0 bridgehead atoms. The Bertz CT molecular complexity index is 146. The average molecular weight is 154 g/mol. The Morgan fingerprint density at radius 2 is 2.18 bits per heavy atom. The molecule has 64 valence electrons. The van der Waals surface area contributed by atoms with Crippen molar-refractivity contribution in [1.82, 2.24) is 0 Å². The third-order valence-electron chi connectivity index (χ3n) is 1.48. The lowest BCUT2D eigenvalue weighted by Gasteiger charge is -2.01. The van der Waals surface area contributed by atoms with Crippen LogP contribution < -0.4 is 5.84 Å². The van der Waals surface area contributed by atoms with Crippen molar-refractivity contribution in [3.8, 4) is 0 Å². The molecule has 0 saturated heterocycles. The molecule has 0 heterocycles. The largest absolute Gasteiger partial charge is 0.323 e. The molecule has 0 unspecified atom stereocenters. The number of hydrogen-bond acceptors (Lipinski definition) is 2. The predicted molar refractivity (Wildman–Crippen MR) is 50.5 cm³/mol. The molecule has 2 heteroatoms. The third kappa shape index (κ3) is 4.59. The molecular weight excluding hydrogens is 136 g/mol. The Kier molecular flexibility index (Phi) is 5.53. The lowest BCUT2D eigenvalue weighted by Crippen LogP contribution is -2.06. The zero-order valence-electron chi connectivity index (χ0n) is 7.67. The highest BCUT2D eigenvalue weighted by Crippen LogP contribution is 1.99. The normalized spacial score (nSPS) is 13.3. The van der Waals surface area contributed by atoms with E-state index in [0.717, 1.165) is 12.1 Å². The van der Waals surface area contributed by atoms with Gasteiger partial charge in [0.25, 0.3) is 0 Å². The van der Waals surface area contributed by atoms with Crippen molar-refractivity contribution in [1.29, 1.82) is 0 Å². The van der Waals surface area contributed by atoms with Gasteiger partial charge in [-0.3, -0.25) is 0 Å².